The van der Waals surface area contributed by atoms with E-state index in [0.29, 0.717) is 5.56 Å². The Morgan fingerprint density at radius 1 is 1.20 bits per heavy atom. The van der Waals surface area contributed by atoms with E-state index in [2.05, 4.69) is 15.9 Å². The standard InChI is InChI=1S/C15H21BrN2O2/c1-4-8-18(11-15(20)17(2)3)10-14(19)12-6-5-7-13(16)9-12/h5-7,9H,4,8,10-11H2,1-3H3. The summed E-state index contributed by atoms with van der Waals surface area (Å²) < 4.78 is 0.884. The van der Waals surface area contributed by atoms with Crippen molar-refractivity contribution in [2.75, 3.05) is 33.7 Å². The van der Waals surface area contributed by atoms with Crippen molar-refractivity contribution in [2.24, 2.45) is 0 Å². The number of benzene rings is 1. The number of likely N-dealkylation sites (N-methyl/N-ethyl adjacent to an activating group) is 1. The van der Waals surface area contributed by atoms with Crippen LogP contribution < -0.4 is 0 Å². The maximum atomic E-state index is 12.2. The predicted molar refractivity (Wildman–Crippen MR) is 83.9 cm³/mol. The molecule has 0 saturated heterocycles. The second kappa shape index (κ2) is 8.17. The average molecular weight is 341 g/mol. The lowest BCUT2D eigenvalue weighted by atomic mass is 10.1. The highest BCUT2D eigenvalue weighted by Gasteiger charge is 2.16. The van der Waals surface area contributed by atoms with Crippen molar-refractivity contribution >= 4 is 27.6 Å². The zero-order chi connectivity index (χ0) is 15.1. The number of rotatable bonds is 7. The Bertz CT molecular complexity index is 475. The normalized spacial score (nSPS) is 10.7. The summed E-state index contributed by atoms with van der Waals surface area (Å²) in [5.74, 6) is 0.0480. The summed E-state index contributed by atoms with van der Waals surface area (Å²) in [6.07, 6.45) is 0.909. The molecular formula is C15H21BrN2O2. The Balaban J connectivity index is 2.70. The average Bonchev–Trinajstić information content (AvgIpc) is 2.38. The predicted octanol–water partition coefficient (Wildman–Crippen LogP) is 2.43. The van der Waals surface area contributed by atoms with Gasteiger partial charge in [0.05, 0.1) is 13.1 Å². The van der Waals surface area contributed by atoms with Gasteiger partial charge in [-0.15, -0.1) is 0 Å². The number of hydrogen-bond donors (Lipinski definition) is 0. The van der Waals surface area contributed by atoms with Crippen LogP contribution >= 0.6 is 15.9 Å². The van der Waals surface area contributed by atoms with E-state index in [1.807, 2.05) is 24.0 Å². The molecule has 5 heteroatoms. The van der Waals surface area contributed by atoms with E-state index in [-0.39, 0.29) is 24.8 Å². The molecule has 0 aliphatic rings. The van der Waals surface area contributed by atoms with E-state index >= 15 is 0 Å². The van der Waals surface area contributed by atoms with Crippen molar-refractivity contribution in [3.05, 3.63) is 34.3 Å². The number of hydrogen-bond acceptors (Lipinski definition) is 3. The highest BCUT2D eigenvalue weighted by atomic mass is 79.9. The van der Waals surface area contributed by atoms with E-state index < -0.39 is 0 Å². The third kappa shape index (κ3) is 5.43. The largest absolute Gasteiger partial charge is 0.348 e. The van der Waals surface area contributed by atoms with Gasteiger partial charge in [-0.2, -0.15) is 0 Å². The van der Waals surface area contributed by atoms with Crippen molar-refractivity contribution in [3.63, 3.8) is 0 Å². The summed E-state index contributed by atoms with van der Waals surface area (Å²) in [4.78, 5) is 27.5. The van der Waals surface area contributed by atoms with Crippen molar-refractivity contribution < 1.29 is 9.59 Å². The Labute approximate surface area is 128 Å². The van der Waals surface area contributed by atoms with E-state index in [0.717, 1.165) is 17.4 Å². The Morgan fingerprint density at radius 2 is 1.90 bits per heavy atom. The zero-order valence-corrected chi connectivity index (χ0v) is 13.8. The maximum Gasteiger partial charge on any atom is 0.236 e. The third-order valence-corrected chi connectivity index (χ3v) is 3.40. The molecule has 0 heterocycles. The molecule has 1 aromatic carbocycles. The summed E-state index contributed by atoms with van der Waals surface area (Å²) in [6, 6.07) is 7.33. The number of nitrogens with zero attached hydrogens (tertiary/aromatic N) is 2. The molecule has 0 radical (unpaired) electrons. The monoisotopic (exact) mass is 340 g/mol. The molecule has 0 spiro atoms. The Hall–Kier alpha value is -1.20. The van der Waals surface area contributed by atoms with Gasteiger partial charge in [0.1, 0.15) is 0 Å². The van der Waals surface area contributed by atoms with Crippen LogP contribution in [0.5, 0.6) is 0 Å². The van der Waals surface area contributed by atoms with Crippen LogP contribution in [0.1, 0.15) is 23.7 Å². The molecule has 0 aromatic heterocycles. The molecule has 0 N–H and O–H groups in total. The fourth-order valence-electron chi connectivity index (χ4n) is 1.82. The first-order valence-electron chi connectivity index (χ1n) is 6.65. The zero-order valence-electron chi connectivity index (χ0n) is 12.2. The molecule has 20 heavy (non-hydrogen) atoms. The third-order valence-electron chi connectivity index (χ3n) is 2.91. The fraction of sp³-hybridized carbons (Fsp3) is 0.467. The quantitative estimate of drug-likeness (QED) is 0.716. The van der Waals surface area contributed by atoms with Gasteiger partial charge in [-0.1, -0.05) is 35.0 Å². The van der Waals surface area contributed by atoms with Crippen LogP contribution in [0.25, 0.3) is 0 Å². The minimum absolute atomic E-state index is 0.0143. The van der Waals surface area contributed by atoms with Crippen LogP contribution in [0.15, 0.2) is 28.7 Å². The highest BCUT2D eigenvalue weighted by Crippen LogP contribution is 2.12. The number of Topliss-reactive ketones (excluding diaryl/α,β-unsaturated/α-hetero) is 1. The van der Waals surface area contributed by atoms with E-state index in [9.17, 15) is 9.59 Å². The van der Waals surface area contributed by atoms with Crippen LogP contribution in [0.3, 0.4) is 0 Å². The second-order valence-electron chi connectivity index (χ2n) is 4.93. The summed E-state index contributed by atoms with van der Waals surface area (Å²) in [6.45, 7) is 3.32. The van der Waals surface area contributed by atoms with Crippen LogP contribution in [0.4, 0.5) is 0 Å². The summed E-state index contributed by atoms with van der Waals surface area (Å²) in [5.41, 5.74) is 0.665. The highest BCUT2D eigenvalue weighted by molar-refractivity contribution is 9.10. The first-order valence-corrected chi connectivity index (χ1v) is 7.44. The number of carbonyl (C=O) groups is 2. The van der Waals surface area contributed by atoms with Gasteiger partial charge in [0.15, 0.2) is 5.78 Å². The summed E-state index contributed by atoms with van der Waals surface area (Å²) >= 11 is 3.36. The van der Waals surface area contributed by atoms with Gasteiger partial charge in [-0.3, -0.25) is 14.5 Å². The minimum atomic E-state index is 0.0143. The molecule has 0 fully saturated rings. The van der Waals surface area contributed by atoms with Gasteiger partial charge in [0, 0.05) is 24.1 Å². The molecule has 0 saturated carbocycles. The first kappa shape index (κ1) is 16.9. The van der Waals surface area contributed by atoms with Crippen LogP contribution in [-0.2, 0) is 4.79 Å². The Morgan fingerprint density at radius 3 is 2.45 bits per heavy atom. The number of ketones is 1. The van der Waals surface area contributed by atoms with E-state index in [1.54, 1.807) is 31.1 Å². The van der Waals surface area contributed by atoms with E-state index in [4.69, 9.17) is 0 Å². The summed E-state index contributed by atoms with van der Waals surface area (Å²) in [7, 11) is 3.45. The van der Waals surface area contributed by atoms with Crippen molar-refractivity contribution in [2.45, 2.75) is 13.3 Å². The second-order valence-corrected chi connectivity index (χ2v) is 5.85. The molecule has 0 unspecified atom stereocenters. The maximum absolute atomic E-state index is 12.2. The lowest BCUT2D eigenvalue weighted by Gasteiger charge is -2.22. The van der Waals surface area contributed by atoms with Gasteiger partial charge in [-0.05, 0) is 25.1 Å². The van der Waals surface area contributed by atoms with Crippen LogP contribution in [0.2, 0.25) is 0 Å². The van der Waals surface area contributed by atoms with Crippen molar-refractivity contribution in [1.82, 2.24) is 9.80 Å². The summed E-state index contributed by atoms with van der Waals surface area (Å²) in [5, 5.41) is 0. The molecule has 0 aliphatic heterocycles. The Kier molecular flexibility index (Phi) is 6.88. The van der Waals surface area contributed by atoms with E-state index in [1.165, 1.54) is 0 Å². The van der Waals surface area contributed by atoms with Crippen molar-refractivity contribution in [1.29, 1.82) is 0 Å². The first-order chi connectivity index (χ1) is 9.43. The SMILES string of the molecule is CCCN(CC(=O)c1cccc(Br)c1)CC(=O)N(C)C. The molecule has 1 rings (SSSR count). The molecule has 0 atom stereocenters. The van der Waals surface area contributed by atoms with Gasteiger partial charge in [-0.25, -0.2) is 0 Å². The van der Waals surface area contributed by atoms with Gasteiger partial charge in [0.2, 0.25) is 5.91 Å². The smallest absolute Gasteiger partial charge is 0.236 e. The van der Waals surface area contributed by atoms with Crippen molar-refractivity contribution in [3.8, 4) is 0 Å². The molecule has 1 aromatic rings. The van der Waals surface area contributed by atoms with Gasteiger partial charge < -0.3 is 4.90 Å². The molecule has 0 bridgehead atoms. The topological polar surface area (TPSA) is 40.6 Å². The lowest BCUT2D eigenvalue weighted by molar-refractivity contribution is -0.129. The molecule has 0 aliphatic carbocycles. The number of carbonyl (C=O) groups excluding carboxylic acids is 2. The molecule has 1 amide bonds. The van der Waals surface area contributed by atoms with Gasteiger partial charge in [0.25, 0.3) is 0 Å². The van der Waals surface area contributed by atoms with Gasteiger partial charge >= 0.3 is 0 Å². The number of amides is 1. The minimum Gasteiger partial charge on any atom is -0.348 e. The molecule has 110 valence electrons. The molecule has 4 nitrogen and oxygen atoms in total. The number of halogens is 1. The fourth-order valence-corrected chi connectivity index (χ4v) is 2.22. The molecular weight excluding hydrogens is 320 g/mol. The van der Waals surface area contributed by atoms with Crippen LogP contribution in [-0.4, -0.2) is 55.2 Å². The van der Waals surface area contributed by atoms with Crippen LogP contribution in [0, 0.1) is 0 Å². The lowest BCUT2D eigenvalue weighted by Crippen LogP contribution is -2.39.